The van der Waals surface area contributed by atoms with Crippen molar-refractivity contribution in [1.82, 2.24) is 24.8 Å². The van der Waals surface area contributed by atoms with Gasteiger partial charge in [-0.1, -0.05) is 19.1 Å². The second-order valence-corrected chi connectivity index (χ2v) is 10.7. The third-order valence-electron chi connectivity index (χ3n) is 7.48. The normalized spacial score (nSPS) is 18.6. The standard InChI is InChI=1S/C29H34F3N7O3/c1-6-22-16-38(26-25-23(37(5)27(40)36-26)12-11-21(13-33)35-25)18(4)15-39(22)24(14-34-28(41)42-17(2)3)19-7-9-20(10-8-19)29(30,31)32/h7-12,17-18,22,24H,6,14-16H2,1-5H3,(H,34,41)/t18-,22+,24?/m0/s1. The van der Waals surface area contributed by atoms with Crippen LogP contribution in [-0.4, -0.2) is 63.4 Å². The molecule has 1 aliphatic heterocycles. The summed E-state index contributed by atoms with van der Waals surface area (Å²) in [5.74, 6) is 0.375. The summed E-state index contributed by atoms with van der Waals surface area (Å²) in [5.41, 5.74) is 0.581. The summed E-state index contributed by atoms with van der Waals surface area (Å²) in [7, 11) is 1.59. The molecule has 3 atom stereocenters. The number of ether oxygens (including phenoxy) is 1. The van der Waals surface area contributed by atoms with Gasteiger partial charge in [-0.05, 0) is 57.0 Å². The zero-order valence-corrected chi connectivity index (χ0v) is 24.1. The van der Waals surface area contributed by atoms with Gasteiger partial charge in [0.25, 0.3) is 0 Å². The van der Waals surface area contributed by atoms with Crippen LogP contribution in [0.4, 0.5) is 23.8 Å². The lowest BCUT2D eigenvalue weighted by Crippen LogP contribution is -2.59. The lowest BCUT2D eigenvalue weighted by Gasteiger charge is -2.49. The average molecular weight is 586 g/mol. The van der Waals surface area contributed by atoms with Crippen molar-refractivity contribution >= 4 is 22.9 Å². The summed E-state index contributed by atoms with van der Waals surface area (Å²) in [4.78, 5) is 38.1. The SMILES string of the molecule is CC[C@@H]1CN(c2nc(=O)n(C)c3ccc(C#N)nc23)[C@@H](C)CN1C(CNC(=O)OC(C)C)c1ccc(C(F)(F)F)cc1. The van der Waals surface area contributed by atoms with Crippen molar-refractivity contribution in [2.75, 3.05) is 24.5 Å². The predicted octanol–water partition coefficient (Wildman–Crippen LogP) is 4.38. The Morgan fingerprint density at radius 2 is 1.86 bits per heavy atom. The first-order valence-corrected chi connectivity index (χ1v) is 13.8. The second kappa shape index (κ2) is 12.4. The molecule has 13 heteroatoms. The molecule has 1 fully saturated rings. The Labute approximate surface area is 241 Å². The highest BCUT2D eigenvalue weighted by molar-refractivity contribution is 5.86. The number of halogens is 3. The van der Waals surface area contributed by atoms with Crippen LogP contribution < -0.4 is 15.9 Å². The smallest absolute Gasteiger partial charge is 0.416 e. The minimum Gasteiger partial charge on any atom is -0.447 e. The van der Waals surface area contributed by atoms with Crippen molar-refractivity contribution in [3.05, 3.63) is 63.7 Å². The molecule has 0 radical (unpaired) electrons. The summed E-state index contributed by atoms with van der Waals surface area (Å²) >= 11 is 0. The molecule has 3 aromatic rings. The van der Waals surface area contributed by atoms with Gasteiger partial charge in [-0.3, -0.25) is 9.47 Å². The molecule has 1 N–H and O–H groups in total. The number of rotatable bonds is 7. The molecule has 0 bridgehead atoms. The Bertz CT molecular complexity index is 1530. The van der Waals surface area contributed by atoms with E-state index in [0.29, 0.717) is 41.9 Å². The van der Waals surface area contributed by atoms with Crippen LogP contribution in [-0.2, 0) is 18.0 Å². The Hall–Kier alpha value is -4.18. The van der Waals surface area contributed by atoms with Crippen LogP contribution in [0, 0.1) is 11.3 Å². The fourth-order valence-corrected chi connectivity index (χ4v) is 5.33. The van der Waals surface area contributed by atoms with Crippen LogP contribution in [0.3, 0.4) is 0 Å². The number of fused-ring (bicyclic) bond motifs is 1. The molecular weight excluding hydrogens is 551 g/mol. The molecule has 1 amide bonds. The number of piperazine rings is 1. The first-order valence-electron chi connectivity index (χ1n) is 13.8. The first-order chi connectivity index (χ1) is 19.8. The van der Waals surface area contributed by atoms with E-state index in [2.05, 4.69) is 20.2 Å². The molecule has 1 aliphatic rings. The molecule has 0 spiro atoms. The molecule has 3 heterocycles. The number of pyridine rings is 1. The van der Waals surface area contributed by atoms with E-state index >= 15 is 0 Å². The Kier molecular flexibility index (Phi) is 9.06. The van der Waals surface area contributed by atoms with E-state index in [1.54, 1.807) is 33.0 Å². The Morgan fingerprint density at radius 3 is 2.45 bits per heavy atom. The van der Waals surface area contributed by atoms with Gasteiger partial charge in [-0.15, -0.1) is 0 Å². The van der Waals surface area contributed by atoms with Crippen molar-refractivity contribution in [2.24, 2.45) is 7.05 Å². The molecule has 0 saturated carbocycles. The largest absolute Gasteiger partial charge is 0.447 e. The highest BCUT2D eigenvalue weighted by Gasteiger charge is 2.38. The molecule has 1 saturated heterocycles. The van der Waals surface area contributed by atoms with Crippen LogP contribution >= 0.6 is 0 Å². The lowest BCUT2D eigenvalue weighted by atomic mass is 9.96. The molecule has 1 unspecified atom stereocenters. The minimum atomic E-state index is -4.47. The van der Waals surface area contributed by atoms with Crippen LogP contribution in [0.25, 0.3) is 11.0 Å². The predicted molar refractivity (Wildman–Crippen MR) is 151 cm³/mol. The van der Waals surface area contributed by atoms with Gasteiger partial charge in [-0.25, -0.2) is 14.6 Å². The number of aromatic nitrogens is 3. The number of nitrogens with zero attached hydrogens (tertiary/aromatic N) is 6. The van der Waals surface area contributed by atoms with Gasteiger partial charge in [0.15, 0.2) is 5.82 Å². The molecule has 10 nitrogen and oxygen atoms in total. The van der Waals surface area contributed by atoms with E-state index in [1.807, 2.05) is 24.8 Å². The Balaban J connectivity index is 1.71. The fourth-order valence-electron chi connectivity index (χ4n) is 5.33. The van der Waals surface area contributed by atoms with Crippen LogP contribution in [0.2, 0.25) is 0 Å². The maximum atomic E-state index is 13.3. The van der Waals surface area contributed by atoms with Gasteiger partial charge in [0, 0.05) is 38.8 Å². The van der Waals surface area contributed by atoms with Crippen molar-refractivity contribution in [2.45, 2.75) is 64.5 Å². The van der Waals surface area contributed by atoms with Crippen LogP contribution in [0.1, 0.15) is 57.0 Å². The molecule has 42 heavy (non-hydrogen) atoms. The highest BCUT2D eigenvalue weighted by Crippen LogP contribution is 2.34. The third-order valence-corrected chi connectivity index (χ3v) is 7.48. The number of alkyl halides is 3. The number of nitrogens with one attached hydrogen (secondary N) is 1. The molecule has 2 aromatic heterocycles. The van der Waals surface area contributed by atoms with Crippen LogP contribution in [0.5, 0.6) is 0 Å². The maximum absolute atomic E-state index is 13.3. The summed E-state index contributed by atoms with van der Waals surface area (Å²) in [6.45, 7) is 8.40. The number of hydrogen-bond acceptors (Lipinski definition) is 8. The molecule has 1 aromatic carbocycles. The van der Waals surface area contributed by atoms with Crippen molar-refractivity contribution in [3.63, 3.8) is 0 Å². The number of benzene rings is 1. The van der Waals surface area contributed by atoms with E-state index < -0.39 is 29.6 Å². The van der Waals surface area contributed by atoms with Gasteiger partial charge < -0.3 is 15.0 Å². The van der Waals surface area contributed by atoms with Gasteiger partial charge in [-0.2, -0.15) is 23.4 Å². The monoisotopic (exact) mass is 585 g/mol. The van der Waals surface area contributed by atoms with E-state index in [-0.39, 0.29) is 30.4 Å². The van der Waals surface area contributed by atoms with Crippen molar-refractivity contribution in [1.29, 1.82) is 5.26 Å². The van der Waals surface area contributed by atoms with Gasteiger partial charge in [0.2, 0.25) is 0 Å². The number of amides is 1. The molecule has 0 aliphatic carbocycles. The fraction of sp³-hybridized carbons (Fsp3) is 0.483. The van der Waals surface area contributed by atoms with Crippen LogP contribution in [0.15, 0.2) is 41.2 Å². The number of carbonyl (C=O) groups excluding carboxylic acids is 1. The van der Waals surface area contributed by atoms with E-state index in [0.717, 1.165) is 12.1 Å². The zero-order valence-electron chi connectivity index (χ0n) is 24.1. The quantitative estimate of drug-likeness (QED) is 0.434. The average Bonchev–Trinajstić information content (AvgIpc) is 2.94. The third kappa shape index (κ3) is 6.49. The lowest BCUT2D eigenvalue weighted by molar-refractivity contribution is -0.137. The summed E-state index contributed by atoms with van der Waals surface area (Å²) in [6, 6.07) is 9.44. The number of nitriles is 1. The van der Waals surface area contributed by atoms with E-state index in [4.69, 9.17) is 4.74 Å². The van der Waals surface area contributed by atoms with Crippen molar-refractivity contribution in [3.8, 4) is 6.07 Å². The van der Waals surface area contributed by atoms with Crippen molar-refractivity contribution < 1.29 is 22.7 Å². The topological polar surface area (TPSA) is 116 Å². The van der Waals surface area contributed by atoms with E-state index in [9.17, 15) is 28.0 Å². The Morgan fingerprint density at radius 1 is 1.17 bits per heavy atom. The van der Waals surface area contributed by atoms with E-state index in [1.165, 1.54) is 16.7 Å². The number of aryl methyl sites for hydroxylation is 1. The number of hydrogen-bond donors (Lipinski definition) is 1. The highest BCUT2D eigenvalue weighted by atomic mass is 19.4. The first kappa shape index (κ1) is 30.8. The van der Waals surface area contributed by atoms with Gasteiger partial charge >= 0.3 is 18.0 Å². The molecule has 224 valence electrons. The van der Waals surface area contributed by atoms with Gasteiger partial charge in [0.1, 0.15) is 17.3 Å². The molecule has 4 rings (SSSR count). The number of anilines is 1. The summed E-state index contributed by atoms with van der Waals surface area (Å²) < 4.78 is 46.5. The molecular formula is C29H34F3N7O3. The zero-order chi connectivity index (χ0) is 30.8. The summed E-state index contributed by atoms with van der Waals surface area (Å²) in [5, 5.41) is 12.2. The second-order valence-electron chi connectivity index (χ2n) is 10.7. The number of carbonyl (C=O) groups is 1. The maximum Gasteiger partial charge on any atom is 0.416 e. The minimum absolute atomic E-state index is 0.111. The summed E-state index contributed by atoms with van der Waals surface area (Å²) in [6.07, 6.45) is -4.76. The van der Waals surface area contributed by atoms with Gasteiger partial charge in [0.05, 0.1) is 23.2 Å². The number of alkyl carbamates (subject to hydrolysis) is 1.